The van der Waals surface area contributed by atoms with E-state index in [0.717, 1.165) is 9.13 Å². The normalized spacial score (nSPS) is 10.1. The van der Waals surface area contributed by atoms with Gasteiger partial charge >= 0.3 is 0 Å². The molecule has 0 atom stereocenters. The maximum Gasteiger partial charge on any atom is 0.247 e. The quantitative estimate of drug-likeness (QED) is 0.748. The zero-order valence-electron chi connectivity index (χ0n) is 6.07. The molecule has 1 heterocycles. The molecule has 1 aromatic carbocycles. The summed E-state index contributed by atoms with van der Waals surface area (Å²) in [5, 5.41) is 7.42. The average Bonchev–Trinajstić information content (AvgIpc) is 2.56. The minimum absolute atomic E-state index is 0.563. The highest BCUT2D eigenvalue weighted by molar-refractivity contribution is 14.1. The number of benzene rings is 1. The van der Waals surface area contributed by atoms with Crippen molar-refractivity contribution in [1.82, 2.24) is 10.2 Å². The van der Waals surface area contributed by atoms with Crippen LogP contribution in [-0.2, 0) is 0 Å². The summed E-state index contributed by atoms with van der Waals surface area (Å²) in [7, 11) is 0. The van der Waals surface area contributed by atoms with Crippen LogP contribution in [0.15, 0.2) is 35.1 Å². The maximum atomic E-state index is 5.05. The lowest BCUT2D eigenvalue weighted by atomic mass is 10.2. The van der Waals surface area contributed by atoms with Crippen molar-refractivity contribution in [2.24, 2.45) is 0 Å². The Labute approximate surface area is 83.0 Å². The van der Waals surface area contributed by atoms with Crippen LogP contribution in [0.4, 0.5) is 0 Å². The first-order valence-electron chi connectivity index (χ1n) is 3.38. The van der Waals surface area contributed by atoms with E-state index in [4.69, 9.17) is 4.42 Å². The lowest BCUT2D eigenvalue weighted by molar-refractivity contribution is 0.568. The monoisotopic (exact) mass is 272 g/mol. The Bertz CT molecular complexity index is 372. The van der Waals surface area contributed by atoms with E-state index in [1.807, 2.05) is 24.3 Å². The molecule has 1 aromatic heterocycles. The van der Waals surface area contributed by atoms with E-state index < -0.39 is 0 Å². The van der Waals surface area contributed by atoms with Gasteiger partial charge in [0.25, 0.3) is 0 Å². The molecule has 0 fully saturated rings. The van der Waals surface area contributed by atoms with Crippen molar-refractivity contribution < 1.29 is 4.42 Å². The average molecular weight is 272 g/mol. The van der Waals surface area contributed by atoms with Crippen LogP contribution in [-0.4, -0.2) is 10.2 Å². The van der Waals surface area contributed by atoms with Crippen LogP contribution >= 0.6 is 22.6 Å². The molecule has 0 bridgehead atoms. The molecule has 60 valence electrons. The van der Waals surface area contributed by atoms with Gasteiger partial charge in [0.05, 0.1) is 0 Å². The van der Waals surface area contributed by atoms with E-state index in [1.54, 1.807) is 0 Å². The molecule has 0 amide bonds. The Morgan fingerprint density at radius 2 is 2.25 bits per heavy atom. The second kappa shape index (κ2) is 3.22. The van der Waals surface area contributed by atoms with Crippen LogP contribution in [0.3, 0.4) is 0 Å². The Hall–Kier alpha value is -0.910. The summed E-state index contributed by atoms with van der Waals surface area (Å²) in [6, 6.07) is 7.91. The minimum Gasteiger partial charge on any atom is -0.423 e. The minimum atomic E-state index is 0.563. The summed E-state index contributed by atoms with van der Waals surface area (Å²) in [5.74, 6) is 0.563. The van der Waals surface area contributed by atoms with E-state index in [1.165, 1.54) is 6.39 Å². The summed E-state index contributed by atoms with van der Waals surface area (Å²) < 4.78 is 6.20. The third-order valence-corrected chi connectivity index (χ3v) is 2.10. The molecule has 0 saturated heterocycles. The Kier molecular flexibility index (Phi) is 2.07. The van der Waals surface area contributed by atoms with Gasteiger partial charge in [0, 0.05) is 9.13 Å². The predicted molar refractivity (Wildman–Crippen MR) is 52.5 cm³/mol. The third-order valence-electron chi connectivity index (χ3n) is 1.43. The number of rotatable bonds is 1. The second-order valence-corrected chi connectivity index (χ2v) is 3.50. The molecule has 4 heteroatoms. The van der Waals surface area contributed by atoms with Crippen LogP contribution in [0.5, 0.6) is 0 Å². The van der Waals surface area contributed by atoms with E-state index in [9.17, 15) is 0 Å². The van der Waals surface area contributed by atoms with Crippen LogP contribution in [0.2, 0.25) is 0 Å². The van der Waals surface area contributed by atoms with Crippen molar-refractivity contribution in [2.45, 2.75) is 0 Å². The molecule has 0 aliphatic heterocycles. The van der Waals surface area contributed by atoms with Gasteiger partial charge < -0.3 is 4.42 Å². The van der Waals surface area contributed by atoms with Crippen LogP contribution in [0.1, 0.15) is 0 Å². The Balaban J connectivity index is 2.48. The van der Waals surface area contributed by atoms with Crippen LogP contribution < -0.4 is 0 Å². The molecule has 0 aliphatic rings. The molecule has 0 aliphatic carbocycles. The Morgan fingerprint density at radius 3 is 2.92 bits per heavy atom. The highest BCUT2D eigenvalue weighted by atomic mass is 127. The zero-order valence-corrected chi connectivity index (χ0v) is 8.22. The van der Waals surface area contributed by atoms with Gasteiger partial charge in [-0.25, -0.2) is 0 Å². The molecule has 12 heavy (non-hydrogen) atoms. The molecular weight excluding hydrogens is 267 g/mol. The van der Waals surface area contributed by atoms with Crippen molar-refractivity contribution in [1.29, 1.82) is 0 Å². The summed E-state index contributed by atoms with van der Waals surface area (Å²) >= 11 is 2.24. The van der Waals surface area contributed by atoms with Gasteiger partial charge in [-0.15, -0.1) is 10.2 Å². The van der Waals surface area contributed by atoms with Gasteiger partial charge in [0.15, 0.2) is 0 Å². The van der Waals surface area contributed by atoms with Crippen LogP contribution in [0.25, 0.3) is 11.5 Å². The first-order valence-corrected chi connectivity index (χ1v) is 4.46. The van der Waals surface area contributed by atoms with E-state index in [-0.39, 0.29) is 0 Å². The molecule has 0 N–H and O–H groups in total. The van der Waals surface area contributed by atoms with Crippen molar-refractivity contribution >= 4 is 22.6 Å². The molecule has 0 spiro atoms. The fourth-order valence-corrected chi connectivity index (χ4v) is 1.46. The van der Waals surface area contributed by atoms with Crippen molar-refractivity contribution in [3.05, 3.63) is 34.2 Å². The molecule has 0 radical (unpaired) electrons. The number of aromatic nitrogens is 2. The van der Waals surface area contributed by atoms with Crippen molar-refractivity contribution in [2.75, 3.05) is 0 Å². The largest absolute Gasteiger partial charge is 0.423 e. The third kappa shape index (κ3) is 1.47. The van der Waals surface area contributed by atoms with Crippen LogP contribution in [0, 0.1) is 3.57 Å². The lowest BCUT2D eigenvalue weighted by Crippen LogP contribution is -1.78. The number of nitrogens with zero attached hydrogens (tertiary/aromatic N) is 2. The first-order chi connectivity index (χ1) is 5.86. The number of hydrogen-bond donors (Lipinski definition) is 0. The number of halogens is 1. The topological polar surface area (TPSA) is 38.9 Å². The smallest absolute Gasteiger partial charge is 0.247 e. The van der Waals surface area contributed by atoms with Gasteiger partial charge in [-0.1, -0.05) is 6.07 Å². The first kappa shape index (κ1) is 7.72. The summed E-state index contributed by atoms with van der Waals surface area (Å²) in [4.78, 5) is 0. The summed E-state index contributed by atoms with van der Waals surface area (Å²) in [6.07, 6.45) is 1.33. The molecule has 0 saturated carbocycles. The van der Waals surface area contributed by atoms with Gasteiger partial charge in [0.2, 0.25) is 12.3 Å². The zero-order chi connectivity index (χ0) is 8.39. The molecule has 0 unspecified atom stereocenters. The second-order valence-electron chi connectivity index (χ2n) is 2.25. The molecule has 2 aromatic rings. The lowest BCUT2D eigenvalue weighted by Gasteiger charge is -1.93. The predicted octanol–water partition coefficient (Wildman–Crippen LogP) is 2.34. The maximum absolute atomic E-state index is 5.05. The summed E-state index contributed by atoms with van der Waals surface area (Å²) in [6.45, 7) is 0. The van der Waals surface area contributed by atoms with Gasteiger partial charge in [-0.05, 0) is 40.8 Å². The Morgan fingerprint density at radius 1 is 1.33 bits per heavy atom. The van der Waals surface area contributed by atoms with Gasteiger partial charge in [0.1, 0.15) is 0 Å². The standard InChI is InChI=1S/C8H5IN2O/c9-7-3-1-2-6(4-7)8-11-10-5-12-8/h1-5H. The number of hydrogen-bond acceptors (Lipinski definition) is 3. The van der Waals surface area contributed by atoms with E-state index in [0.29, 0.717) is 5.89 Å². The van der Waals surface area contributed by atoms with Gasteiger partial charge in [-0.3, -0.25) is 0 Å². The summed E-state index contributed by atoms with van der Waals surface area (Å²) in [5.41, 5.74) is 0.958. The van der Waals surface area contributed by atoms with E-state index >= 15 is 0 Å². The van der Waals surface area contributed by atoms with Gasteiger partial charge in [-0.2, -0.15) is 0 Å². The van der Waals surface area contributed by atoms with E-state index in [2.05, 4.69) is 32.8 Å². The molecule has 2 rings (SSSR count). The highest BCUT2D eigenvalue weighted by Gasteiger charge is 2.01. The fraction of sp³-hybridized carbons (Fsp3) is 0. The fourth-order valence-electron chi connectivity index (χ4n) is 0.920. The van der Waals surface area contributed by atoms with Crippen molar-refractivity contribution in [3.63, 3.8) is 0 Å². The highest BCUT2D eigenvalue weighted by Crippen LogP contribution is 2.17. The van der Waals surface area contributed by atoms with Crippen molar-refractivity contribution in [3.8, 4) is 11.5 Å². The molecular formula is C8H5IN2O. The SMILES string of the molecule is Ic1cccc(-c2nnco2)c1. The molecule has 3 nitrogen and oxygen atoms in total.